The molecule has 2 rings (SSSR count). The van der Waals surface area contributed by atoms with E-state index in [0.29, 0.717) is 23.7 Å². The van der Waals surface area contributed by atoms with E-state index in [0.717, 1.165) is 18.7 Å². The molecule has 126 valence electrons. The van der Waals surface area contributed by atoms with Gasteiger partial charge in [0.1, 0.15) is 6.07 Å². The molecule has 7 heteroatoms. The Morgan fingerprint density at radius 3 is 2.74 bits per heavy atom. The highest BCUT2D eigenvalue weighted by molar-refractivity contribution is 6.32. The molecular formula is C16H19ClF3N3. The monoisotopic (exact) mass is 345 g/mol. The average Bonchev–Trinajstić information content (AvgIpc) is 2.94. The van der Waals surface area contributed by atoms with Gasteiger partial charge < -0.3 is 9.80 Å². The summed E-state index contributed by atoms with van der Waals surface area (Å²) in [6, 6.07) is 7.45. The fourth-order valence-electron chi connectivity index (χ4n) is 2.98. The lowest BCUT2D eigenvalue weighted by molar-refractivity contribution is -0.137. The first-order valence-corrected chi connectivity index (χ1v) is 7.97. The molecule has 1 heterocycles. The van der Waals surface area contributed by atoms with Gasteiger partial charge in [-0.05, 0) is 31.5 Å². The Hall–Kier alpha value is -1.45. The van der Waals surface area contributed by atoms with E-state index >= 15 is 0 Å². The van der Waals surface area contributed by atoms with Crippen LogP contribution in [0, 0.1) is 11.3 Å². The van der Waals surface area contributed by atoms with E-state index in [1.54, 1.807) is 12.1 Å². The van der Waals surface area contributed by atoms with Crippen molar-refractivity contribution in [3.8, 4) is 6.07 Å². The fourth-order valence-corrected chi connectivity index (χ4v) is 3.20. The summed E-state index contributed by atoms with van der Waals surface area (Å²) < 4.78 is 37.0. The predicted octanol–water partition coefficient (Wildman–Crippen LogP) is 4.06. The normalized spacial score (nSPS) is 18.9. The third-order valence-electron chi connectivity index (χ3n) is 4.15. The van der Waals surface area contributed by atoms with Crippen molar-refractivity contribution in [3.63, 3.8) is 0 Å². The molecule has 3 nitrogen and oxygen atoms in total. The first-order valence-electron chi connectivity index (χ1n) is 7.59. The Morgan fingerprint density at radius 1 is 1.43 bits per heavy atom. The molecule has 0 amide bonds. The summed E-state index contributed by atoms with van der Waals surface area (Å²) in [6.45, 7) is 4.07. The largest absolute Gasteiger partial charge is 0.390 e. The Labute approximate surface area is 139 Å². The molecular weight excluding hydrogens is 327 g/mol. The molecule has 0 N–H and O–H groups in total. The SMILES string of the molecule is CCN(c1ccc(C#N)c(Cl)c1)[C@H]1CCN(CCC(F)(F)F)C1. The molecule has 1 aromatic rings. The molecule has 1 aliphatic rings. The van der Waals surface area contributed by atoms with Crippen LogP contribution < -0.4 is 4.90 Å². The van der Waals surface area contributed by atoms with Crippen LogP contribution in [0.3, 0.4) is 0 Å². The van der Waals surface area contributed by atoms with Gasteiger partial charge in [0.05, 0.1) is 17.0 Å². The van der Waals surface area contributed by atoms with Gasteiger partial charge in [0.2, 0.25) is 0 Å². The van der Waals surface area contributed by atoms with Gasteiger partial charge in [0.25, 0.3) is 0 Å². The van der Waals surface area contributed by atoms with Crippen molar-refractivity contribution in [1.82, 2.24) is 4.90 Å². The highest BCUT2D eigenvalue weighted by atomic mass is 35.5. The van der Waals surface area contributed by atoms with Crippen LogP contribution in [0.1, 0.15) is 25.3 Å². The van der Waals surface area contributed by atoms with Gasteiger partial charge in [-0.25, -0.2) is 0 Å². The van der Waals surface area contributed by atoms with Crippen LogP contribution in [0.2, 0.25) is 5.02 Å². The summed E-state index contributed by atoms with van der Waals surface area (Å²) in [7, 11) is 0. The molecule has 1 aliphatic heterocycles. The second-order valence-corrected chi connectivity index (χ2v) is 6.08. The highest BCUT2D eigenvalue weighted by Gasteiger charge is 2.32. The molecule has 0 bridgehead atoms. The van der Waals surface area contributed by atoms with Gasteiger partial charge in [0, 0.05) is 37.9 Å². The number of alkyl halides is 3. The smallest absolute Gasteiger partial charge is 0.367 e. The minimum Gasteiger partial charge on any atom is -0.367 e. The number of nitriles is 1. The van der Waals surface area contributed by atoms with Crippen molar-refractivity contribution >= 4 is 17.3 Å². The minimum atomic E-state index is -4.11. The maximum atomic E-state index is 12.3. The molecule has 0 spiro atoms. The van der Waals surface area contributed by atoms with Gasteiger partial charge in [-0.1, -0.05) is 11.6 Å². The van der Waals surface area contributed by atoms with Crippen molar-refractivity contribution in [2.45, 2.75) is 32.0 Å². The van der Waals surface area contributed by atoms with E-state index in [9.17, 15) is 13.2 Å². The Morgan fingerprint density at radius 2 is 2.17 bits per heavy atom. The van der Waals surface area contributed by atoms with Gasteiger partial charge in [-0.2, -0.15) is 18.4 Å². The molecule has 1 aromatic carbocycles. The van der Waals surface area contributed by atoms with Crippen molar-refractivity contribution in [1.29, 1.82) is 5.26 Å². The molecule has 0 radical (unpaired) electrons. The molecule has 0 saturated carbocycles. The first kappa shape index (κ1) is 17.9. The van der Waals surface area contributed by atoms with E-state index in [1.165, 1.54) is 0 Å². The Kier molecular flexibility index (Phi) is 5.77. The molecule has 1 saturated heterocycles. The minimum absolute atomic E-state index is 0.0473. The van der Waals surface area contributed by atoms with Gasteiger partial charge in [-0.15, -0.1) is 0 Å². The number of nitrogens with zero attached hydrogens (tertiary/aromatic N) is 3. The molecule has 0 aromatic heterocycles. The van der Waals surface area contributed by atoms with E-state index in [4.69, 9.17) is 16.9 Å². The zero-order valence-electron chi connectivity index (χ0n) is 12.9. The van der Waals surface area contributed by atoms with Crippen LogP contribution in [0.25, 0.3) is 0 Å². The number of anilines is 1. The number of benzene rings is 1. The molecule has 1 fully saturated rings. The third-order valence-corrected chi connectivity index (χ3v) is 4.46. The Bertz CT molecular complexity index is 583. The summed E-state index contributed by atoms with van der Waals surface area (Å²) in [5.74, 6) is 0. The lowest BCUT2D eigenvalue weighted by atomic mass is 10.1. The first-order chi connectivity index (χ1) is 10.8. The van der Waals surface area contributed by atoms with E-state index in [1.807, 2.05) is 24.0 Å². The fraction of sp³-hybridized carbons (Fsp3) is 0.562. The van der Waals surface area contributed by atoms with Crippen LogP contribution in [0.4, 0.5) is 18.9 Å². The van der Waals surface area contributed by atoms with E-state index < -0.39 is 12.6 Å². The maximum absolute atomic E-state index is 12.3. The van der Waals surface area contributed by atoms with Gasteiger partial charge in [-0.3, -0.25) is 0 Å². The summed E-state index contributed by atoms with van der Waals surface area (Å²) in [5, 5.41) is 9.33. The average molecular weight is 346 g/mol. The topological polar surface area (TPSA) is 30.3 Å². The third kappa shape index (κ3) is 4.76. The zero-order chi connectivity index (χ0) is 17.0. The van der Waals surface area contributed by atoms with Crippen LogP contribution in [0.15, 0.2) is 18.2 Å². The number of halogens is 4. The number of rotatable bonds is 5. The predicted molar refractivity (Wildman–Crippen MR) is 84.7 cm³/mol. The van der Waals surface area contributed by atoms with Crippen LogP contribution in [0.5, 0.6) is 0 Å². The molecule has 0 unspecified atom stereocenters. The summed E-state index contributed by atoms with van der Waals surface area (Å²) in [5.41, 5.74) is 1.32. The van der Waals surface area contributed by atoms with Crippen LogP contribution >= 0.6 is 11.6 Å². The van der Waals surface area contributed by atoms with Crippen molar-refractivity contribution < 1.29 is 13.2 Å². The molecule has 1 atom stereocenters. The van der Waals surface area contributed by atoms with Crippen molar-refractivity contribution in [2.24, 2.45) is 0 Å². The maximum Gasteiger partial charge on any atom is 0.390 e. The standard InChI is InChI=1S/C16H19ClF3N3/c1-2-23(13-4-3-12(10-21)15(17)9-13)14-5-7-22(11-14)8-6-16(18,19)20/h3-4,9,14H,2,5-8,11H2,1H3/t14-/m0/s1. The highest BCUT2D eigenvalue weighted by Crippen LogP contribution is 2.28. The second-order valence-electron chi connectivity index (χ2n) is 5.67. The second kappa shape index (κ2) is 7.41. The number of hydrogen-bond acceptors (Lipinski definition) is 3. The quantitative estimate of drug-likeness (QED) is 0.806. The molecule has 23 heavy (non-hydrogen) atoms. The number of hydrogen-bond donors (Lipinski definition) is 0. The van der Waals surface area contributed by atoms with Crippen molar-refractivity contribution in [2.75, 3.05) is 31.1 Å². The van der Waals surface area contributed by atoms with Gasteiger partial charge in [0.15, 0.2) is 0 Å². The van der Waals surface area contributed by atoms with E-state index in [-0.39, 0.29) is 12.6 Å². The Balaban J connectivity index is 2.02. The zero-order valence-corrected chi connectivity index (χ0v) is 13.7. The van der Waals surface area contributed by atoms with Gasteiger partial charge >= 0.3 is 6.18 Å². The number of likely N-dealkylation sites (N-methyl/N-ethyl adjacent to an activating group) is 1. The lowest BCUT2D eigenvalue weighted by Gasteiger charge is -2.30. The van der Waals surface area contributed by atoms with E-state index in [2.05, 4.69) is 4.90 Å². The van der Waals surface area contributed by atoms with Crippen LogP contribution in [-0.2, 0) is 0 Å². The summed E-state index contributed by atoms with van der Waals surface area (Å²) in [6.07, 6.45) is -4.05. The lowest BCUT2D eigenvalue weighted by Crippen LogP contribution is -2.38. The van der Waals surface area contributed by atoms with Crippen molar-refractivity contribution in [3.05, 3.63) is 28.8 Å². The number of likely N-dealkylation sites (tertiary alicyclic amines) is 1. The molecule has 0 aliphatic carbocycles. The van der Waals surface area contributed by atoms with Crippen LogP contribution in [-0.4, -0.2) is 43.3 Å². The summed E-state index contributed by atoms with van der Waals surface area (Å²) in [4.78, 5) is 3.99. The summed E-state index contributed by atoms with van der Waals surface area (Å²) >= 11 is 6.08.